The predicted molar refractivity (Wildman–Crippen MR) is 137 cm³/mol. The van der Waals surface area contributed by atoms with Crippen LogP contribution >= 0.6 is 0 Å². The fourth-order valence-electron chi connectivity index (χ4n) is 5.37. The molecule has 1 aromatic heterocycles. The first-order valence-corrected chi connectivity index (χ1v) is 11.8. The molecule has 0 radical (unpaired) electrons. The summed E-state index contributed by atoms with van der Waals surface area (Å²) in [6, 6.07) is 9.13. The van der Waals surface area contributed by atoms with Gasteiger partial charge < -0.3 is 29.0 Å². The Morgan fingerprint density at radius 1 is 0.784 bits per heavy atom. The first kappa shape index (κ1) is 24.4. The van der Waals surface area contributed by atoms with Crippen LogP contribution in [0.4, 0.5) is 5.82 Å². The Morgan fingerprint density at radius 3 is 2.11 bits per heavy atom. The van der Waals surface area contributed by atoms with E-state index >= 15 is 0 Å². The average molecular weight is 508 g/mol. The molecule has 10 heteroatoms. The maximum atomic E-state index is 13.8. The number of ketones is 1. The van der Waals surface area contributed by atoms with Crippen molar-refractivity contribution in [3.63, 3.8) is 0 Å². The number of rotatable bonds is 7. The van der Waals surface area contributed by atoms with Crippen molar-refractivity contribution in [2.24, 2.45) is 0 Å². The summed E-state index contributed by atoms with van der Waals surface area (Å²) < 4.78 is 27.6. The molecule has 3 aromatic rings. The minimum Gasteiger partial charge on any atom is -0.497 e. The second-order valence-corrected chi connectivity index (χ2v) is 8.91. The number of aromatic nitrogens is 2. The van der Waals surface area contributed by atoms with Gasteiger partial charge in [-0.3, -0.25) is 19.8 Å². The predicted octanol–water partition coefficient (Wildman–Crippen LogP) is 3.70. The molecule has 1 aliphatic heterocycles. The number of Topliss-reactive ketones (excluding diaryl/α,β-unsaturated/α-hetero) is 1. The van der Waals surface area contributed by atoms with Crippen LogP contribution < -0.4 is 34.6 Å². The second-order valence-electron chi connectivity index (χ2n) is 8.91. The molecule has 10 nitrogen and oxygen atoms in total. The lowest BCUT2D eigenvalue weighted by molar-refractivity contribution is -0.116. The molecule has 2 aromatic carbocycles. The van der Waals surface area contributed by atoms with E-state index < -0.39 is 5.92 Å². The topological polar surface area (TPSA) is 124 Å². The quantitative estimate of drug-likeness (QED) is 0.442. The minimum atomic E-state index is -0.625. The molecular formula is C27H29N3O7. The molecule has 3 N–H and O–H groups in total. The summed E-state index contributed by atoms with van der Waals surface area (Å²) in [5, 5.41) is 8.89. The van der Waals surface area contributed by atoms with Crippen LogP contribution in [-0.4, -0.2) is 51.5 Å². The summed E-state index contributed by atoms with van der Waals surface area (Å²) in [5.41, 5.74) is 3.00. The van der Waals surface area contributed by atoms with E-state index in [-0.39, 0.29) is 23.7 Å². The van der Waals surface area contributed by atoms with E-state index in [2.05, 4.69) is 15.5 Å². The van der Waals surface area contributed by atoms with E-state index in [1.54, 1.807) is 47.7 Å². The van der Waals surface area contributed by atoms with E-state index in [4.69, 9.17) is 23.7 Å². The van der Waals surface area contributed by atoms with E-state index in [0.29, 0.717) is 57.7 Å². The molecule has 2 atom stereocenters. The van der Waals surface area contributed by atoms with Gasteiger partial charge in [-0.1, -0.05) is 0 Å². The SMILES string of the molecule is COc1ccc(OC)c(C2C3=C(CC(c4cc(OC)c(OC)c(OC)c4)CC3=O)Nc3[nH][nH]c(=O)c32)c1. The van der Waals surface area contributed by atoms with Gasteiger partial charge in [-0.2, -0.15) is 0 Å². The highest BCUT2D eigenvalue weighted by atomic mass is 16.5. The zero-order chi connectivity index (χ0) is 26.3. The van der Waals surface area contributed by atoms with Gasteiger partial charge in [0.2, 0.25) is 5.75 Å². The third-order valence-corrected chi connectivity index (χ3v) is 7.08. The number of carbonyl (C=O) groups is 1. The number of fused-ring (bicyclic) bond motifs is 1. The number of methoxy groups -OCH3 is 5. The zero-order valence-electron chi connectivity index (χ0n) is 21.3. The Kier molecular flexibility index (Phi) is 6.32. The summed E-state index contributed by atoms with van der Waals surface area (Å²) in [5.74, 6) is 2.40. The van der Waals surface area contributed by atoms with Crippen LogP contribution in [0.1, 0.15) is 41.4 Å². The van der Waals surface area contributed by atoms with Gasteiger partial charge in [-0.05, 0) is 48.2 Å². The largest absolute Gasteiger partial charge is 0.497 e. The normalized spacial score (nSPS) is 18.5. The lowest BCUT2D eigenvalue weighted by Gasteiger charge is -2.35. The maximum absolute atomic E-state index is 13.8. The van der Waals surface area contributed by atoms with Crippen molar-refractivity contribution in [2.75, 3.05) is 40.9 Å². The highest BCUT2D eigenvalue weighted by Gasteiger charge is 2.42. The van der Waals surface area contributed by atoms with Crippen LogP contribution in [0.2, 0.25) is 0 Å². The van der Waals surface area contributed by atoms with Crippen LogP contribution in [-0.2, 0) is 4.79 Å². The third-order valence-electron chi connectivity index (χ3n) is 7.08. The van der Waals surface area contributed by atoms with Crippen molar-refractivity contribution >= 4 is 11.6 Å². The molecule has 2 unspecified atom stereocenters. The van der Waals surface area contributed by atoms with Gasteiger partial charge in [0.05, 0.1) is 47.0 Å². The molecule has 5 rings (SSSR count). The molecule has 0 bridgehead atoms. The van der Waals surface area contributed by atoms with Gasteiger partial charge in [0.1, 0.15) is 17.3 Å². The molecule has 0 spiro atoms. The summed E-state index contributed by atoms with van der Waals surface area (Å²) in [4.78, 5) is 26.7. The van der Waals surface area contributed by atoms with Crippen molar-refractivity contribution in [2.45, 2.75) is 24.7 Å². The van der Waals surface area contributed by atoms with Gasteiger partial charge in [-0.25, -0.2) is 0 Å². The van der Waals surface area contributed by atoms with Crippen molar-refractivity contribution in [1.82, 2.24) is 10.2 Å². The lowest BCUT2D eigenvalue weighted by Crippen LogP contribution is -2.31. The number of ether oxygens (including phenoxy) is 5. The van der Waals surface area contributed by atoms with E-state index in [0.717, 1.165) is 11.3 Å². The molecule has 2 heterocycles. The Labute approximate surface area is 213 Å². The van der Waals surface area contributed by atoms with Gasteiger partial charge in [0.25, 0.3) is 5.56 Å². The summed E-state index contributed by atoms with van der Waals surface area (Å²) in [6.45, 7) is 0. The van der Waals surface area contributed by atoms with E-state index in [1.807, 2.05) is 18.2 Å². The Balaban J connectivity index is 1.64. The van der Waals surface area contributed by atoms with E-state index in [1.165, 1.54) is 0 Å². The minimum absolute atomic E-state index is 0.0615. The molecule has 0 amide bonds. The average Bonchev–Trinajstić information content (AvgIpc) is 3.30. The zero-order valence-corrected chi connectivity index (χ0v) is 21.3. The van der Waals surface area contributed by atoms with Crippen LogP contribution in [0.25, 0.3) is 0 Å². The molecular weight excluding hydrogens is 478 g/mol. The van der Waals surface area contributed by atoms with Crippen molar-refractivity contribution in [3.05, 3.63) is 68.6 Å². The van der Waals surface area contributed by atoms with Crippen LogP contribution in [0.5, 0.6) is 28.7 Å². The van der Waals surface area contributed by atoms with Crippen molar-refractivity contribution in [3.8, 4) is 28.7 Å². The van der Waals surface area contributed by atoms with Crippen molar-refractivity contribution in [1.29, 1.82) is 0 Å². The van der Waals surface area contributed by atoms with Gasteiger partial charge in [0, 0.05) is 23.3 Å². The number of aromatic amines is 2. The number of anilines is 1. The van der Waals surface area contributed by atoms with Crippen LogP contribution in [0.15, 0.2) is 46.4 Å². The Bertz CT molecular complexity index is 1430. The molecule has 37 heavy (non-hydrogen) atoms. The molecule has 0 saturated carbocycles. The summed E-state index contributed by atoms with van der Waals surface area (Å²) >= 11 is 0. The van der Waals surface area contributed by atoms with Crippen LogP contribution in [0, 0.1) is 0 Å². The number of carbonyl (C=O) groups excluding carboxylic acids is 1. The molecule has 0 saturated heterocycles. The highest BCUT2D eigenvalue weighted by molar-refractivity contribution is 6.01. The van der Waals surface area contributed by atoms with E-state index in [9.17, 15) is 9.59 Å². The summed E-state index contributed by atoms with van der Waals surface area (Å²) in [6.07, 6.45) is 0.786. The molecule has 1 aliphatic carbocycles. The smallest absolute Gasteiger partial charge is 0.270 e. The molecule has 2 aliphatic rings. The number of nitrogens with one attached hydrogen (secondary N) is 3. The van der Waals surface area contributed by atoms with Gasteiger partial charge in [-0.15, -0.1) is 0 Å². The number of benzene rings is 2. The number of hydrogen-bond acceptors (Lipinski definition) is 8. The number of hydrogen-bond donors (Lipinski definition) is 3. The Morgan fingerprint density at radius 2 is 1.49 bits per heavy atom. The monoisotopic (exact) mass is 507 g/mol. The Hall–Kier alpha value is -4.34. The maximum Gasteiger partial charge on any atom is 0.270 e. The summed E-state index contributed by atoms with van der Waals surface area (Å²) in [7, 11) is 7.81. The highest BCUT2D eigenvalue weighted by Crippen LogP contribution is 2.50. The molecule has 0 fully saturated rings. The second kappa shape index (κ2) is 9.61. The standard InChI is InChI=1S/C27H29N3O7/c1-33-15-6-7-19(34-2)16(12-15)22-23-17(28-26-24(22)27(32)30-29-26)8-13(9-18(23)31)14-10-20(35-3)25(37-5)21(11-14)36-4/h6-7,10-13,22H,8-9H2,1-5H3,(H3,28,29,30,32). The third kappa shape index (κ3) is 3.98. The fourth-order valence-corrected chi connectivity index (χ4v) is 5.37. The number of H-pyrrole nitrogens is 2. The fraction of sp³-hybridized carbons (Fsp3) is 0.333. The van der Waals surface area contributed by atoms with Gasteiger partial charge in [0.15, 0.2) is 17.3 Å². The van der Waals surface area contributed by atoms with Gasteiger partial charge >= 0.3 is 0 Å². The molecule has 194 valence electrons. The first-order chi connectivity index (χ1) is 17.9. The van der Waals surface area contributed by atoms with Crippen LogP contribution in [0.3, 0.4) is 0 Å². The number of allylic oxidation sites excluding steroid dienone is 2. The first-order valence-electron chi connectivity index (χ1n) is 11.8. The van der Waals surface area contributed by atoms with Crippen molar-refractivity contribution < 1.29 is 28.5 Å². The lowest BCUT2D eigenvalue weighted by atomic mass is 9.72.